The summed E-state index contributed by atoms with van der Waals surface area (Å²) in [7, 11) is 0. The van der Waals surface area contributed by atoms with Crippen LogP contribution in [0, 0.1) is 29.6 Å². The zero-order chi connectivity index (χ0) is 20.6. The normalized spacial score (nSPS) is 42.2. The summed E-state index contributed by atoms with van der Waals surface area (Å²) < 4.78 is 40.6. The molecule has 4 rings (SSSR count). The largest absolute Gasteiger partial charge is 0.392 e. The first-order valence-corrected chi connectivity index (χ1v) is 11.3. The van der Waals surface area contributed by atoms with E-state index in [-0.39, 0.29) is 30.6 Å². The first-order chi connectivity index (χ1) is 13.9. The number of alkyl halides is 3. The summed E-state index contributed by atoms with van der Waals surface area (Å²) >= 11 is 0. The topological polar surface area (TPSA) is 65.3 Å². The zero-order valence-electron chi connectivity index (χ0n) is 17.3. The Labute approximate surface area is 172 Å². The van der Waals surface area contributed by atoms with Crippen LogP contribution in [0.15, 0.2) is 11.6 Å². The SMILES string of the molecule is CC1CCC(C2NCC(C3=CCNC3)C(N3CCC(CN)C3)N2)CC1C(F)(F)F. The van der Waals surface area contributed by atoms with Gasteiger partial charge in [0.1, 0.15) is 0 Å². The lowest BCUT2D eigenvalue weighted by molar-refractivity contribution is -0.200. The fourth-order valence-electron chi connectivity index (χ4n) is 5.92. The number of hydrogen-bond donors (Lipinski definition) is 4. The molecule has 29 heavy (non-hydrogen) atoms. The van der Waals surface area contributed by atoms with Gasteiger partial charge < -0.3 is 16.4 Å². The number of hydrogen-bond acceptors (Lipinski definition) is 5. The van der Waals surface area contributed by atoms with Crippen LogP contribution in [-0.2, 0) is 0 Å². The molecule has 5 N–H and O–H groups in total. The molecule has 7 atom stereocenters. The number of likely N-dealkylation sites (tertiary alicyclic amines) is 1. The molecule has 0 spiro atoms. The molecule has 3 fully saturated rings. The maximum Gasteiger partial charge on any atom is 0.392 e. The summed E-state index contributed by atoms with van der Waals surface area (Å²) in [5.41, 5.74) is 7.32. The monoisotopic (exact) mass is 415 g/mol. The molecular weight excluding hydrogens is 379 g/mol. The van der Waals surface area contributed by atoms with Crippen molar-refractivity contribution in [3.63, 3.8) is 0 Å². The highest BCUT2D eigenvalue weighted by molar-refractivity contribution is 5.19. The second-order valence-corrected chi connectivity index (χ2v) is 9.60. The second kappa shape index (κ2) is 8.83. The Morgan fingerprint density at radius 2 is 2.07 bits per heavy atom. The minimum atomic E-state index is -4.10. The fourth-order valence-corrected chi connectivity index (χ4v) is 5.92. The van der Waals surface area contributed by atoms with E-state index in [2.05, 4.69) is 26.9 Å². The Kier molecular flexibility index (Phi) is 6.56. The number of nitrogens with two attached hydrogens (primary N) is 1. The van der Waals surface area contributed by atoms with Crippen LogP contribution in [-0.4, -0.2) is 62.7 Å². The van der Waals surface area contributed by atoms with E-state index in [0.717, 1.165) is 45.6 Å². The van der Waals surface area contributed by atoms with Crippen LogP contribution in [0.1, 0.15) is 32.6 Å². The van der Waals surface area contributed by atoms with Gasteiger partial charge in [-0.05, 0) is 50.0 Å². The molecule has 5 nitrogen and oxygen atoms in total. The number of nitrogens with zero attached hydrogens (tertiary/aromatic N) is 1. The van der Waals surface area contributed by atoms with Gasteiger partial charge in [0.05, 0.1) is 18.2 Å². The van der Waals surface area contributed by atoms with Crippen molar-refractivity contribution >= 4 is 0 Å². The van der Waals surface area contributed by atoms with Gasteiger partial charge in [0, 0.05) is 38.6 Å². The van der Waals surface area contributed by atoms with E-state index in [1.807, 2.05) is 0 Å². The van der Waals surface area contributed by atoms with Crippen LogP contribution in [0.4, 0.5) is 13.2 Å². The third-order valence-corrected chi connectivity index (χ3v) is 7.78. The second-order valence-electron chi connectivity index (χ2n) is 9.60. The van der Waals surface area contributed by atoms with Crippen molar-refractivity contribution in [3.8, 4) is 0 Å². The number of nitrogens with one attached hydrogen (secondary N) is 3. The molecule has 166 valence electrons. The first-order valence-electron chi connectivity index (χ1n) is 11.3. The van der Waals surface area contributed by atoms with Crippen molar-refractivity contribution in [2.24, 2.45) is 35.3 Å². The maximum atomic E-state index is 13.5. The molecule has 7 unspecified atom stereocenters. The third-order valence-electron chi connectivity index (χ3n) is 7.78. The highest BCUT2D eigenvalue weighted by Crippen LogP contribution is 2.44. The van der Waals surface area contributed by atoms with Crippen LogP contribution in [0.3, 0.4) is 0 Å². The summed E-state index contributed by atoms with van der Waals surface area (Å²) in [4.78, 5) is 2.49. The van der Waals surface area contributed by atoms with Crippen LogP contribution in [0.25, 0.3) is 0 Å². The minimum Gasteiger partial charge on any atom is -0.330 e. The van der Waals surface area contributed by atoms with E-state index in [0.29, 0.717) is 24.8 Å². The predicted octanol–water partition coefficient (Wildman–Crippen LogP) is 1.87. The predicted molar refractivity (Wildman–Crippen MR) is 108 cm³/mol. The lowest BCUT2D eigenvalue weighted by Crippen LogP contribution is -2.66. The van der Waals surface area contributed by atoms with Crippen LogP contribution in [0.2, 0.25) is 0 Å². The smallest absolute Gasteiger partial charge is 0.330 e. The van der Waals surface area contributed by atoms with E-state index in [1.165, 1.54) is 5.57 Å². The van der Waals surface area contributed by atoms with E-state index < -0.39 is 12.1 Å². The van der Waals surface area contributed by atoms with Gasteiger partial charge in [-0.2, -0.15) is 13.2 Å². The minimum absolute atomic E-state index is 0.0184. The summed E-state index contributed by atoms with van der Waals surface area (Å²) in [5.74, 6) is -0.580. The van der Waals surface area contributed by atoms with Gasteiger partial charge in [-0.1, -0.05) is 18.6 Å². The van der Waals surface area contributed by atoms with Gasteiger partial charge in [-0.15, -0.1) is 0 Å². The van der Waals surface area contributed by atoms with Crippen molar-refractivity contribution < 1.29 is 13.2 Å². The average molecular weight is 416 g/mol. The van der Waals surface area contributed by atoms with E-state index in [4.69, 9.17) is 5.73 Å². The van der Waals surface area contributed by atoms with Gasteiger partial charge in [0.25, 0.3) is 0 Å². The fraction of sp³-hybridized carbons (Fsp3) is 0.905. The Balaban J connectivity index is 1.47. The van der Waals surface area contributed by atoms with Gasteiger partial charge in [0.15, 0.2) is 0 Å². The lowest BCUT2D eigenvalue weighted by Gasteiger charge is -2.48. The van der Waals surface area contributed by atoms with E-state index in [9.17, 15) is 13.2 Å². The Morgan fingerprint density at radius 3 is 2.72 bits per heavy atom. The molecule has 2 saturated heterocycles. The summed E-state index contributed by atoms with van der Waals surface area (Å²) in [6.07, 6.45) is 1.13. The molecular formula is C21H36F3N5. The van der Waals surface area contributed by atoms with Crippen molar-refractivity contribution in [2.45, 2.75) is 51.1 Å². The zero-order valence-corrected chi connectivity index (χ0v) is 17.3. The Morgan fingerprint density at radius 1 is 1.24 bits per heavy atom. The summed E-state index contributed by atoms with van der Waals surface area (Å²) in [6, 6.07) is 0. The third kappa shape index (κ3) is 4.66. The van der Waals surface area contributed by atoms with Crippen LogP contribution >= 0.6 is 0 Å². The quantitative estimate of drug-likeness (QED) is 0.528. The number of rotatable bonds is 4. The summed E-state index contributed by atoms with van der Waals surface area (Å²) in [5, 5.41) is 10.7. The number of halogens is 3. The molecule has 0 aromatic heterocycles. The van der Waals surface area contributed by atoms with E-state index >= 15 is 0 Å². The molecule has 4 aliphatic rings. The van der Waals surface area contributed by atoms with Crippen molar-refractivity contribution in [1.29, 1.82) is 0 Å². The standard InChI is InChI=1S/C21H36F3N5/c1-13-2-3-15(8-18(13)21(22,23)24)19-27-11-17(16-4-6-26-10-16)20(28-19)29-7-5-14(9-25)12-29/h4,13-15,17-20,26-28H,2-3,5-12,25H2,1H3. The van der Waals surface area contributed by atoms with Crippen molar-refractivity contribution in [2.75, 3.05) is 39.3 Å². The highest BCUT2D eigenvalue weighted by atomic mass is 19.4. The van der Waals surface area contributed by atoms with E-state index in [1.54, 1.807) is 6.92 Å². The molecule has 3 heterocycles. The molecule has 1 saturated carbocycles. The maximum absolute atomic E-state index is 13.5. The molecule has 0 amide bonds. The van der Waals surface area contributed by atoms with Gasteiger partial charge in [-0.3, -0.25) is 10.2 Å². The van der Waals surface area contributed by atoms with Gasteiger partial charge >= 0.3 is 6.18 Å². The Hall–Kier alpha value is -0.670. The highest BCUT2D eigenvalue weighted by Gasteiger charge is 2.48. The van der Waals surface area contributed by atoms with Crippen LogP contribution < -0.4 is 21.7 Å². The van der Waals surface area contributed by atoms with Crippen molar-refractivity contribution in [3.05, 3.63) is 11.6 Å². The molecule has 1 aliphatic carbocycles. The average Bonchev–Trinajstić information content (AvgIpc) is 3.39. The van der Waals surface area contributed by atoms with Crippen LogP contribution in [0.5, 0.6) is 0 Å². The molecule has 8 heteroatoms. The van der Waals surface area contributed by atoms with Crippen molar-refractivity contribution in [1.82, 2.24) is 20.9 Å². The molecule has 3 aliphatic heterocycles. The Bertz CT molecular complexity index is 595. The molecule has 0 aromatic rings. The summed E-state index contributed by atoms with van der Waals surface area (Å²) in [6.45, 7) is 7.07. The molecule has 0 radical (unpaired) electrons. The first kappa shape index (κ1) is 21.6. The molecule has 0 aromatic carbocycles. The van der Waals surface area contributed by atoms with Gasteiger partial charge in [0.2, 0.25) is 0 Å². The lowest BCUT2D eigenvalue weighted by atomic mass is 9.73. The van der Waals surface area contributed by atoms with Gasteiger partial charge in [-0.25, -0.2) is 0 Å². The molecule has 0 bridgehead atoms.